The van der Waals surface area contributed by atoms with E-state index in [2.05, 4.69) is 0 Å². The van der Waals surface area contributed by atoms with Crippen LogP contribution in [0.1, 0.15) is 44.9 Å². The van der Waals surface area contributed by atoms with E-state index >= 15 is 171 Å². The highest BCUT2D eigenvalue weighted by Crippen LogP contribution is 2.96. The lowest BCUT2D eigenvalue weighted by atomic mass is 9.27. The van der Waals surface area contributed by atoms with Crippen LogP contribution in [0.3, 0.4) is 0 Å². The summed E-state index contributed by atoms with van der Waals surface area (Å²) in [5.74, 6) is -154. The predicted molar refractivity (Wildman–Crippen MR) is 342 cm³/mol. The van der Waals surface area contributed by atoms with Crippen molar-refractivity contribution < 1.29 is 171 Å². The molecule has 9 aromatic rings. The fourth-order valence-corrected chi connectivity index (χ4v) is 21.4. The number of hydrogen-bond acceptors (Lipinski definition) is 0. The third-order valence-corrected chi connectivity index (χ3v) is 26.5. The Morgan fingerprint density at radius 1 is 0.269 bits per heavy atom. The number of alkyl halides is 39. The van der Waals surface area contributed by atoms with Gasteiger partial charge in [-0.25, -0.2) is 48.3 Å². The van der Waals surface area contributed by atoms with E-state index in [1.807, 2.05) is 0 Å². The summed E-state index contributed by atoms with van der Waals surface area (Å²) in [6.45, 7) is 0. The molecular formula is C80H35F39. The van der Waals surface area contributed by atoms with Gasteiger partial charge in [-0.1, -0.05) is 176 Å². The standard InChI is InChI=1S/C80H35F39/c81-55(48-23-9-17-38-30-36-14-1-2-15-37(36)31-46(38)48)33-52-53-54-61(55,85)58(82,51-25-11-22-44-41-19-7-5-16-39(41)32-47(44)51)69(96,97)73(104,105)62(54,86)74(106,107)72(102,103)60(53,84)71(100,101)70(98,99)59(52,83)63(87)56(50-29-27-35-13-4-8-20-42(35)50)65(89,76(110,111)80(118,119)77(112,113)67(56,92)93)66(90,91)57(64(63,88)75(108,109)79(116,117)78(114,115)68(57,94)95)49-24-10-21-43-40-18-6-3-12-34(40)26-28-45(43)49/h1-31,33,50H,32H2. The Balaban J connectivity index is 1.18. The summed E-state index contributed by atoms with van der Waals surface area (Å²) in [5.41, 5.74) is -144. The number of hydrogen-bond donors (Lipinski definition) is 0. The minimum Gasteiger partial charge on any atom is -0.235 e. The summed E-state index contributed by atoms with van der Waals surface area (Å²) < 4.78 is 755. The van der Waals surface area contributed by atoms with E-state index in [1.165, 1.54) is 0 Å². The molecule has 39 heteroatoms. The first-order valence-corrected chi connectivity index (χ1v) is 34.5. The maximum Gasteiger partial charge on any atom is 0.381 e. The van der Waals surface area contributed by atoms with Crippen molar-refractivity contribution in [2.45, 2.75) is 158 Å². The van der Waals surface area contributed by atoms with Gasteiger partial charge in [0, 0.05) is 33.8 Å². The van der Waals surface area contributed by atoms with E-state index < -0.39 is 328 Å². The van der Waals surface area contributed by atoms with Gasteiger partial charge in [-0.3, -0.25) is 0 Å². The zero-order valence-corrected chi connectivity index (χ0v) is 57.5. The van der Waals surface area contributed by atoms with E-state index in [-0.39, 0.29) is 48.5 Å². The van der Waals surface area contributed by atoms with Gasteiger partial charge in [-0.05, 0) is 107 Å². The molecule has 0 aromatic heterocycles. The highest BCUT2D eigenvalue weighted by Gasteiger charge is 3.22. The van der Waals surface area contributed by atoms with Gasteiger partial charge < -0.3 is 0 Å². The molecule has 12 unspecified atom stereocenters. The molecule has 0 nitrogen and oxygen atoms in total. The van der Waals surface area contributed by atoms with Crippen molar-refractivity contribution >= 4 is 49.2 Å². The second-order valence-electron chi connectivity index (χ2n) is 31.0. The van der Waals surface area contributed by atoms with Crippen molar-refractivity contribution in [3.8, 4) is 11.1 Å². The van der Waals surface area contributed by atoms with Gasteiger partial charge in [0.25, 0.3) is 17.0 Å². The summed E-state index contributed by atoms with van der Waals surface area (Å²) in [6.07, 6.45) is -6.85. The van der Waals surface area contributed by atoms with Crippen LogP contribution in [-0.4, -0.2) is 129 Å². The van der Waals surface area contributed by atoms with E-state index in [0.717, 1.165) is 48.5 Å². The molecule has 9 aliphatic rings. The number of benzene rings is 9. The first kappa shape index (κ1) is 80.6. The van der Waals surface area contributed by atoms with Gasteiger partial charge >= 0.3 is 88.8 Å². The molecule has 0 bridgehead atoms. The third-order valence-electron chi connectivity index (χ3n) is 26.5. The summed E-state index contributed by atoms with van der Waals surface area (Å²) in [4.78, 5) is 0. The van der Waals surface area contributed by atoms with Gasteiger partial charge in [0.1, 0.15) is 5.41 Å². The van der Waals surface area contributed by atoms with E-state index in [9.17, 15) is 0 Å². The molecule has 0 aliphatic heterocycles. The molecule has 0 spiro atoms. The van der Waals surface area contributed by atoms with Crippen molar-refractivity contribution in [3.05, 3.63) is 244 Å². The van der Waals surface area contributed by atoms with Crippen LogP contribution in [-0.2, 0) is 23.2 Å². The Labute approximate surface area is 636 Å². The van der Waals surface area contributed by atoms with Crippen molar-refractivity contribution in [3.63, 3.8) is 0 Å². The molecule has 0 saturated heterocycles. The lowest BCUT2D eigenvalue weighted by molar-refractivity contribution is -0.581. The van der Waals surface area contributed by atoms with Gasteiger partial charge in [0.05, 0.1) is 0 Å². The average Bonchev–Trinajstić information content (AvgIpc) is 0.979. The zero-order chi connectivity index (χ0) is 87.5. The molecule has 628 valence electrons. The number of rotatable bonds is 5. The van der Waals surface area contributed by atoms with E-state index in [1.54, 1.807) is 0 Å². The van der Waals surface area contributed by atoms with Gasteiger partial charge in [-0.15, -0.1) is 0 Å². The van der Waals surface area contributed by atoms with Crippen LogP contribution in [0.25, 0.3) is 60.3 Å². The largest absolute Gasteiger partial charge is 0.381 e. The average molecular weight is 1740 g/mol. The minimum atomic E-state index is -11.2. The number of allylic oxidation sites excluding steroid dienone is 5. The fraction of sp³-hybridized carbons (Fsp3) is 0.350. The molecule has 0 N–H and O–H groups in total. The Morgan fingerprint density at radius 3 is 1.34 bits per heavy atom. The van der Waals surface area contributed by atoms with Crippen LogP contribution < -0.4 is 0 Å². The fourth-order valence-electron chi connectivity index (χ4n) is 21.4. The maximum absolute atomic E-state index is 23.2. The predicted octanol–water partition coefficient (Wildman–Crippen LogP) is 25.4. The second kappa shape index (κ2) is 21.3. The Bertz CT molecular complexity index is 6180. The molecule has 9 aromatic carbocycles. The Kier molecular flexibility index (Phi) is 14.4. The summed E-state index contributed by atoms with van der Waals surface area (Å²) in [5, 5.41) is -11.1. The SMILES string of the molecule is FC1(c2cccc3cc4ccccc4cc23)C=C2C3=C4C(F)(C(F)(F)C(F)(F)C3(F)C(F)(F)C(F)(F)C2(F)C2(F)C3(F)C(F)(F)C(F)(F)C(F)(F)C(F)(F)C3(c3cccc5c3ccc3ccccc35)C(F)(F)C3(F)C(F)(F)C(F)(F)C(F)(F)C(F)(F)C32C2C=Cc3ccccc32)C(F)(F)C(F)(F)C(F)(c2cccc3c2Cc2ccccc2-3)C41F. The molecule has 18 rings (SSSR count). The van der Waals surface area contributed by atoms with E-state index in [4.69, 9.17) is 0 Å². The highest BCUT2D eigenvalue weighted by atomic mass is 19.4. The molecule has 12 atom stereocenters. The number of fused-ring (bicyclic) bond motifs is 11. The summed E-state index contributed by atoms with van der Waals surface area (Å²) >= 11 is 0. The van der Waals surface area contributed by atoms with Crippen LogP contribution in [0, 0.1) is 5.41 Å². The highest BCUT2D eigenvalue weighted by molar-refractivity contribution is 6.09. The first-order valence-electron chi connectivity index (χ1n) is 34.5. The van der Waals surface area contributed by atoms with Crippen molar-refractivity contribution in [1.82, 2.24) is 0 Å². The lowest BCUT2D eigenvalue weighted by Gasteiger charge is -2.79. The maximum atomic E-state index is 23.2. The normalized spacial score (nSPS) is 37.8. The minimum absolute atomic E-state index is 0.00244. The van der Waals surface area contributed by atoms with Crippen LogP contribution in [0.2, 0.25) is 0 Å². The van der Waals surface area contributed by atoms with Crippen LogP contribution in [0.4, 0.5) is 171 Å². The van der Waals surface area contributed by atoms with Gasteiger partial charge in [0.2, 0.25) is 28.3 Å². The summed E-state index contributed by atoms with van der Waals surface area (Å²) in [6, 6.07) is 5.97. The molecule has 5 fully saturated rings. The molecule has 0 amide bonds. The second-order valence-corrected chi connectivity index (χ2v) is 31.0. The molecule has 9 aliphatic carbocycles. The smallest absolute Gasteiger partial charge is 0.235 e. The van der Waals surface area contributed by atoms with Crippen molar-refractivity contribution in [1.29, 1.82) is 0 Å². The van der Waals surface area contributed by atoms with E-state index in [0.29, 0.717) is 42.5 Å². The first-order chi connectivity index (χ1) is 54.4. The van der Waals surface area contributed by atoms with Gasteiger partial charge in [-0.2, -0.15) is 123 Å². The topological polar surface area (TPSA) is 0 Å². The zero-order valence-electron chi connectivity index (χ0n) is 57.5. The molecule has 5 saturated carbocycles. The molecular weight excluding hydrogens is 1700 g/mol. The summed E-state index contributed by atoms with van der Waals surface area (Å²) in [7, 11) is 0. The van der Waals surface area contributed by atoms with Crippen LogP contribution in [0.15, 0.2) is 205 Å². The quantitative estimate of drug-likeness (QED) is 0.0915. The van der Waals surface area contributed by atoms with Gasteiger partial charge in [0.15, 0.2) is 11.1 Å². The lowest BCUT2D eigenvalue weighted by Crippen LogP contribution is -3.07. The Hall–Kier alpha value is -9.49. The van der Waals surface area contributed by atoms with Crippen molar-refractivity contribution in [2.24, 2.45) is 5.41 Å². The van der Waals surface area contributed by atoms with Crippen LogP contribution in [0.5, 0.6) is 0 Å². The molecule has 0 heterocycles. The molecule has 0 radical (unpaired) electrons. The monoisotopic (exact) mass is 1740 g/mol. The van der Waals surface area contributed by atoms with Crippen LogP contribution >= 0.6 is 0 Å². The van der Waals surface area contributed by atoms with Crippen molar-refractivity contribution in [2.75, 3.05) is 0 Å². The number of halogens is 39. The molecule has 119 heavy (non-hydrogen) atoms. The Morgan fingerprint density at radius 2 is 0.723 bits per heavy atom. The third kappa shape index (κ3) is 6.86.